The van der Waals surface area contributed by atoms with Crippen LogP contribution in [0.2, 0.25) is 0 Å². The third-order valence-corrected chi connectivity index (χ3v) is 5.45. The van der Waals surface area contributed by atoms with Crippen molar-refractivity contribution in [2.24, 2.45) is 14.1 Å². The second kappa shape index (κ2) is 7.81. The van der Waals surface area contributed by atoms with Crippen molar-refractivity contribution in [3.05, 3.63) is 72.8 Å². The molecule has 0 unspecified atom stereocenters. The molecule has 0 aliphatic heterocycles. The summed E-state index contributed by atoms with van der Waals surface area (Å²) in [6.07, 6.45) is 1.52. The van der Waals surface area contributed by atoms with Crippen molar-refractivity contribution >= 4 is 22.4 Å². The normalized spacial score (nSPS) is 11.1. The first kappa shape index (κ1) is 19.7. The number of halogens is 1. The van der Waals surface area contributed by atoms with E-state index in [1.807, 2.05) is 55.1 Å². The number of nitrogens with zero attached hydrogens (tertiary/aromatic N) is 5. The Kier molecular flexibility index (Phi) is 4.82. The van der Waals surface area contributed by atoms with Crippen LogP contribution in [0.1, 0.15) is 0 Å². The van der Waals surface area contributed by atoms with E-state index >= 15 is 0 Å². The molecule has 0 bridgehead atoms. The molecule has 0 amide bonds. The van der Waals surface area contributed by atoms with E-state index in [0.29, 0.717) is 5.75 Å². The zero-order valence-corrected chi connectivity index (χ0v) is 17.9. The molecule has 0 saturated carbocycles. The number of aromatic nitrogens is 5. The van der Waals surface area contributed by atoms with Gasteiger partial charge in [-0.25, -0.2) is 19.0 Å². The Morgan fingerprint density at radius 3 is 2.50 bits per heavy atom. The number of rotatable bonds is 5. The van der Waals surface area contributed by atoms with Crippen LogP contribution in [0, 0.1) is 5.82 Å². The zero-order chi connectivity index (χ0) is 22.2. The molecule has 2 heterocycles. The number of methoxy groups -OCH3 is 1. The minimum absolute atomic E-state index is 0.270. The van der Waals surface area contributed by atoms with Gasteiger partial charge >= 0.3 is 0 Å². The highest BCUT2D eigenvalue weighted by Gasteiger charge is 2.15. The second-order valence-corrected chi connectivity index (χ2v) is 7.42. The van der Waals surface area contributed by atoms with Crippen molar-refractivity contribution < 1.29 is 9.13 Å². The highest BCUT2D eigenvalue weighted by molar-refractivity contribution is 5.93. The van der Waals surface area contributed by atoms with E-state index in [-0.39, 0.29) is 5.82 Å². The molecule has 160 valence electrons. The summed E-state index contributed by atoms with van der Waals surface area (Å²) in [6, 6.07) is 18.2. The number of aryl methyl sites for hydroxylation is 2. The number of hydrogen-bond donors (Lipinski definition) is 1. The van der Waals surface area contributed by atoms with Crippen LogP contribution in [0.4, 0.5) is 15.8 Å². The molecule has 0 aliphatic carbocycles. The lowest BCUT2D eigenvalue weighted by Crippen LogP contribution is -1.98. The van der Waals surface area contributed by atoms with Crippen molar-refractivity contribution in [2.75, 3.05) is 12.4 Å². The van der Waals surface area contributed by atoms with E-state index < -0.39 is 0 Å². The quantitative estimate of drug-likeness (QED) is 0.430. The number of benzene rings is 3. The molecule has 3 aromatic carbocycles. The summed E-state index contributed by atoms with van der Waals surface area (Å²) in [5, 5.41) is 7.59. The van der Waals surface area contributed by atoms with Crippen LogP contribution in [-0.2, 0) is 14.1 Å². The van der Waals surface area contributed by atoms with Gasteiger partial charge in [-0.1, -0.05) is 6.07 Å². The molecule has 5 aromatic rings. The average molecular weight is 428 g/mol. The summed E-state index contributed by atoms with van der Waals surface area (Å²) in [7, 11) is 5.43. The number of para-hydroxylation sites is 1. The minimum atomic E-state index is -0.270. The third kappa shape index (κ3) is 3.35. The van der Waals surface area contributed by atoms with Crippen molar-refractivity contribution in [1.29, 1.82) is 0 Å². The Morgan fingerprint density at radius 1 is 0.969 bits per heavy atom. The van der Waals surface area contributed by atoms with Gasteiger partial charge in [-0.3, -0.25) is 0 Å². The summed E-state index contributed by atoms with van der Waals surface area (Å²) >= 11 is 0. The van der Waals surface area contributed by atoms with Gasteiger partial charge in [0.2, 0.25) is 0 Å². The van der Waals surface area contributed by atoms with Crippen LogP contribution in [0.3, 0.4) is 0 Å². The topological polar surface area (TPSA) is 69.8 Å². The maximum atomic E-state index is 13.4. The Balaban J connectivity index is 1.54. The molecule has 1 N–H and O–H groups in total. The van der Waals surface area contributed by atoms with E-state index in [4.69, 9.17) is 9.72 Å². The van der Waals surface area contributed by atoms with Gasteiger partial charge in [-0.05, 0) is 48.5 Å². The number of hydrogen-bond acceptors (Lipinski definition) is 5. The molecule has 32 heavy (non-hydrogen) atoms. The molecule has 0 radical (unpaired) electrons. The number of fused-ring (bicyclic) bond motifs is 1. The molecular weight excluding hydrogens is 407 g/mol. The van der Waals surface area contributed by atoms with Crippen molar-refractivity contribution in [3.8, 4) is 28.5 Å². The van der Waals surface area contributed by atoms with Crippen molar-refractivity contribution in [1.82, 2.24) is 24.3 Å². The van der Waals surface area contributed by atoms with Gasteiger partial charge in [0.15, 0.2) is 5.82 Å². The Hall–Kier alpha value is -4.20. The predicted octanol–water partition coefficient (Wildman–Crippen LogP) is 4.93. The number of imidazole rings is 1. The van der Waals surface area contributed by atoms with Crippen LogP contribution in [-0.4, -0.2) is 31.4 Å². The summed E-state index contributed by atoms with van der Waals surface area (Å²) in [6.45, 7) is 0. The zero-order valence-electron chi connectivity index (χ0n) is 17.9. The van der Waals surface area contributed by atoms with Crippen LogP contribution in [0.15, 0.2) is 67.0 Å². The molecule has 0 saturated heterocycles. The molecule has 0 spiro atoms. The van der Waals surface area contributed by atoms with Crippen LogP contribution >= 0.6 is 0 Å². The highest BCUT2D eigenvalue weighted by Crippen LogP contribution is 2.34. The van der Waals surface area contributed by atoms with Gasteiger partial charge in [-0.2, -0.15) is 5.10 Å². The average Bonchev–Trinajstić information content (AvgIpc) is 3.38. The second-order valence-electron chi connectivity index (χ2n) is 7.42. The fourth-order valence-electron chi connectivity index (χ4n) is 3.82. The molecule has 2 aromatic heterocycles. The summed E-state index contributed by atoms with van der Waals surface area (Å²) in [5.41, 5.74) is 5.22. The van der Waals surface area contributed by atoms with Gasteiger partial charge < -0.3 is 14.6 Å². The van der Waals surface area contributed by atoms with E-state index in [9.17, 15) is 4.39 Å². The Morgan fingerprint density at radius 2 is 1.78 bits per heavy atom. The maximum Gasteiger partial charge on any atom is 0.161 e. The van der Waals surface area contributed by atoms with Gasteiger partial charge in [0, 0.05) is 31.4 Å². The first-order valence-electron chi connectivity index (χ1n) is 10.1. The Labute approximate surface area is 184 Å². The SMILES string of the molecule is COc1cc(Nc2cccc3c2nc(-c2ccc(F)cc2)n3C)ccc1-c1ncnn1C. The summed E-state index contributed by atoms with van der Waals surface area (Å²) in [5.74, 6) is 1.91. The maximum absolute atomic E-state index is 13.4. The fraction of sp³-hybridized carbons (Fsp3) is 0.125. The first-order valence-corrected chi connectivity index (χ1v) is 10.1. The van der Waals surface area contributed by atoms with E-state index in [1.165, 1.54) is 18.5 Å². The standard InChI is InChI=1S/C24H21FN6O/c1-30-20-6-4-5-19(22(20)29-23(30)15-7-9-16(25)10-8-15)28-17-11-12-18(21(13-17)32-3)24-26-14-27-31(24)2/h4-14,28H,1-3H3. The van der Waals surface area contributed by atoms with Gasteiger partial charge in [0.1, 0.15) is 29.2 Å². The molecule has 7 nitrogen and oxygen atoms in total. The smallest absolute Gasteiger partial charge is 0.161 e. The first-order chi connectivity index (χ1) is 15.5. The van der Waals surface area contributed by atoms with Crippen molar-refractivity contribution in [2.45, 2.75) is 0 Å². The van der Waals surface area contributed by atoms with E-state index in [0.717, 1.165) is 45.2 Å². The largest absolute Gasteiger partial charge is 0.496 e. The van der Waals surface area contributed by atoms with Crippen LogP contribution < -0.4 is 10.1 Å². The lowest BCUT2D eigenvalue weighted by molar-refractivity contribution is 0.416. The molecule has 0 atom stereocenters. The van der Waals surface area contributed by atoms with E-state index in [1.54, 1.807) is 23.9 Å². The third-order valence-electron chi connectivity index (χ3n) is 5.45. The fourth-order valence-corrected chi connectivity index (χ4v) is 3.82. The molecule has 0 aliphatic rings. The monoisotopic (exact) mass is 428 g/mol. The lowest BCUT2D eigenvalue weighted by atomic mass is 10.1. The van der Waals surface area contributed by atoms with Crippen LogP contribution in [0.5, 0.6) is 5.75 Å². The molecule has 0 fully saturated rings. The van der Waals surface area contributed by atoms with Crippen molar-refractivity contribution in [3.63, 3.8) is 0 Å². The highest BCUT2D eigenvalue weighted by atomic mass is 19.1. The number of ether oxygens (including phenoxy) is 1. The molecule has 5 rings (SSSR count). The minimum Gasteiger partial charge on any atom is -0.496 e. The van der Waals surface area contributed by atoms with Crippen LogP contribution in [0.25, 0.3) is 33.8 Å². The summed E-state index contributed by atoms with van der Waals surface area (Å²) in [4.78, 5) is 9.16. The number of nitrogens with one attached hydrogen (secondary N) is 1. The summed E-state index contributed by atoms with van der Waals surface area (Å²) < 4.78 is 22.7. The van der Waals surface area contributed by atoms with Gasteiger partial charge in [0.05, 0.1) is 23.9 Å². The number of anilines is 2. The lowest BCUT2D eigenvalue weighted by Gasteiger charge is -2.12. The molecule has 8 heteroatoms. The Bertz CT molecular complexity index is 1420. The predicted molar refractivity (Wildman–Crippen MR) is 122 cm³/mol. The molecular formula is C24H21FN6O. The van der Waals surface area contributed by atoms with E-state index in [2.05, 4.69) is 15.4 Å². The van der Waals surface area contributed by atoms with Gasteiger partial charge in [0.25, 0.3) is 0 Å². The van der Waals surface area contributed by atoms with Gasteiger partial charge in [-0.15, -0.1) is 0 Å².